The van der Waals surface area contributed by atoms with Crippen molar-refractivity contribution in [3.63, 3.8) is 0 Å². The number of hydrogen-bond donors (Lipinski definition) is 1. The van der Waals surface area contributed by atoms with Crippen LogP contribution in [0.2, 0.25) is 0 Å². The highest BCUT2D eigenvalue weighted by atomic mass is 19.4. The topological polar surface area (TPSA) is 67.4 Å². The standard InChI is InChI=1S/C18H19F3N4O2.H2/c19-18(20,21)15-5-3-4-13(8-15)9-22-17-23-10-14(11-24-17)16(26)25-6-1-2-7-27-12-25;/h3-5,8,10-11H,1-2,6-7,9,12H2,(H,22,23,24);1H. The third-order valence-electron chi connectivity index (χ3n) is 4.10. The molecule has 0 spiro atoms. The van der Waals surface area contributed by atoms with Crippen LogP contribution < -0.4 is 5.32 Å². The van der Waals surface area contributed by atoms with Crippen molar-refractivity contribution >= 4 is 11.9 Å². The summed E-state index contributed by atoms with van der Waals surface area (Å²) < 4.78 is 43.6. The number of carbonyl (C=O) groups excluding carboxylic acids is 1. The number of carbonyl (C=O) groups is 1. The first-order valence-corrected chi connectivity index (χ1v) is 8.52. The lowest BCUT2D eigenvalue weighted by Crippen LogP contribution is -2.32. The molecule has 1 amide bonds. The summed E-state index contributed by atoms with van der Waals surface area (Å²) in [6.45, 7) is 1.64. The molecule has 2 aromatic rings. The van der Waals surface area contributed by atoms with E-state index in [-0.39, 0.29) is 26.6 Å². The number of aromatic nitrogens is 2. The number of halogens is 3. The molecular weight excluding hydrogens is 361 g/mol. The van der Waals surface area contributed by atoms with Crippen LogP contribution in [0.4, 0.5) is 19.1 Å². The van der Waals surface area contributed by atoms with E-state index >= 15 is 0 Å². The molecule has 9 heteroatoms. The van der Waals surface area contributed by atoms with Crippen LogP contribution in [0.15, 0.2) is 36.7 Å². The maximum atomic E-state index is 12.7. The summed E-state index contributed by atoms with van der Waals surface area (Å²) in [6.07, 6.45) is 0.205. The molecule has 0 atom stereocenters. The number of rotatable bonds is 4. The molecule has 0 saturated carbocycles. The Hall–Kier alpha value is -2.68. The first kappa shape index (κ1) is 19.1. The van der Waals surface area contributed by atoms with Crippen molar-refractivity contribution in [1.29, 1.82) is 0 Å². The quantitative estimate of drug-likeness (QED) is 0.876. The lowest BCUT2D eigenvalue weighted by atomic mass is 10.1. The molecule has 27 heavy (non-hydrogen) atoms. The molecule has 1 fully saturated rings. The van der Waals surface area contributed by atoms with E-state index in [0.29, 0.717) is 24.3 Å². The van der Waals surface area contributed by atoms with Crippen LogP contribution in [-0.2, 0) is 17.5 Å². The van der Waals surface area contributed by atoms with E-state index in [9.17, 15) is 18.0 Å². The Morgan fingerprint density at radius 3 is 2.78 bits per heavy atom. The molecule has 0 unspecified atom stereocenters. The van der Waals surface area contributed by atoms with Crippen molar-refractivity contribution in [3.8, 4) is 0 Å². The number of anilines is 1. The zero-order chi connectivity index (χ0) is 19.3. The van der Waals surface area contributed by atoms with Crippen LogP contribution in [0.25, 0.3) is 0 Å². The van der Waals surface area contributed by atoms with Crippen LogP contribution in [0, 0.1) is 0 Å². The molecule has 2 heterocycles. The highest BCUT2D eigenvalue weighted by Gasteiger charge is 2.30. The van der Waals surface area contributed by atoms with Crippen molar-refractivity contribution in [3.05, 3.63) is 53.3 Å². The van der Waals surface area contributed by atoms with Gasteiger partial charge in [0, 0.05) is 33.5 Å². The second kappa shape index (κ2) is 8.34. The summed E-state index contributed by atoms with van der Waals surface area (Å²) in [6, 6.07) is 5.03. The Kier molecular flexibility index (Phi) is 5.90. The SMILES string of the molecule is O=C(c1cnc(NCc2cccc(C(F)(F)F)c2)nc1)N1CCCCOC1.[HH]. The molecule has 3 rings (SSSR count). The van der Waals surface area contributed by atoms with Crippen molar-refractivity contribution in [2.45, 2.75) is 25.6 Å². The van der Waals surface area contributed by atoms with Gasteiger partial charge in [0.2, 0.25) is 5.95 Å². The Morgan fingerprint density at radius 2 is 2.04 bits per heavy atom. The van der Waals surface area contributed by atoms with Gasteiger partial charge in [-0.05, 0) is 30.5 Å². The van der Waals surface area contributed by atoms with E-state index in [0.717, 1.165) is 25.0 Å². The van der Waals surface area contributed by atoms with Gasteiger partial charge in [-0.1, -0.05) is 12.1 Å². The Bertz CT molecular complexity index is 779. The van der Waals surface area contributed by atoms with Gasteiger partial charge < -0.3 is 15.0 Å². The van der Waals surface area contributed by atoms with E-state index in [1.807, 2.05) is 0 Å². The van der Waals surface area contributed by atoms with Crippen molar-refractivity contribution in [2.24, 2.45) is 0 Å². The predicted octanol–water partition coefficient (Wildman–Crippen LogP) is 3.56. The summed E-state index contributed by atoms with van der Waals surface area (Å²) >= 11 is 0. The van der Waals surface area contributed by atoms with E-state index in [1.165, 1.54) is 18.5 Å². The molecule has 6 nitrogen and oxygen atoms in total. The molecule has 1 N–H and O–H groups in total. The van der Waals surface area contributed by atoms with Gasteiger partial charge in [0.05, 0.1) is 11.1 Å². The number of nitrogens with one attached hydrogen (secondary N) is 1. The Balaban J connectivity index is 0.00000280. The van der Waals surface area contributed by atoms with E-state index < -0.39 is 11.7 Å². The van der Waals surface area contributed by atoms with Crippen molar-refractivity contribution < 1.29 is 24.1 Å². The third kappa shape index (κ3) is 5.16. The fourth-order valence-electron chi connectivity index (χ4n) is 2.66. The Labute approximate surface area is 155 Å². The molecule has 1 aromatic heterocycles. The van der Waals surface area contributed by atoms with E-state index in [2.05, 4.69) is 15.3 Å². The fraction of sp³-hybridized carbons (Fsp3) is 0.389. The van der Waals surface area contributed by atoms with Crippen LogP contribution in [-0.4, -0.2) is 40.7 Å². The number of benzene rings is 1. The smallest absolute Gasteiger partial charge is 0.361 e. The monoisotopic (exact) mass is 382 g/mol. The summed E-state index contributed by atoms with van der Waals surface area (Å²) in [7, 11) is 0. The molecule has 0 aliphatic carbocycles. The largest absolute Gasteiger partial charge is 0.416 e. The first-order chi connectivity index (χ1) is 12.9. The van der Waals surface area contributed by atoms with Crippen LogP contribution in [0.5, 0.6) is 0 Å². The number of alkyl halides is 3. The van der Waals surface area contributed by atoms with Gasteiger partial charge in [-0.2, -0.15) is 13.2 Å². The highest BCUT2D eigenvalue weighted by molar-refractivity contribution is 5.93. The van der Waals surface area contributed by atoms with Crippen LogP contribution in [0.1, 0.15) is 35.8 Å². The minimum atomic E-state index is -4.38. The lowest BCUT2D eigenvalue weighted by Gasteiger charge is -2.19. The summed E-state index contributed by atoms with van der Waals surface area (Å²) in [5.74, 6) is 0.0254. The van der Waals surface area contributed by atoms with Crippen LogP contribution in [0.3, 0.4) is 0 Å². The summed E-state index contributed by atoms with van der Waals surface area (Å²) in [5.41, 5.74) is 0.0868. The molecule has 0 radical (unpaired) electrons. The molecule has 1 saturated heterocycles. The zero-order valence-electron chi connectivity index (χ0n) is 14.5. The van der Waals surface area contributed by atoms with Gasteiger partial charge in [-0.3, -0.25) is 4.79 Å². The highest BCUT2D eigenvalue weighted by Crippen LogP contribution is 2.29. The number of nitrogens with zero attached hydrogens (tertiary/aromatic N) is 3. The summed E-state index contributed by atoms with van der Waals surface area (Å²) in [5, 5.41) is 2.86. The first-order valence-electron chi connectivity index (χ1n) is 8.52. The zero-order valence-corrected chi connectivity index (χ0v) is 14.5. The molecule has 146 valence electrons. The number of hydrogen-bond acceptors (Lipinski definition) is 5. The number of amides is 1. The van der Waals surface area contributed by atoms with Crippen LogP contribution >= 0.6 is 0 Å². The van der Waals surface area contributed by atoms with Gasteiger partial charge in [0.15, 0.2) is 0 Å². The van der Waals surface area contributed by atoms with E-state index in [1.54, 1.807) is 11.0 Å². The van der Waals surface area contributed by atoms with Gasteiger partial charge in [0.25, 0.3) is 5.91 Å². The molecule has 1 aromatic carbocycles. The van der Waals surface area contributed by atoms with Gasteiger partial charge >= 0.3 is 6.18 Å². The fourth-order valence-corrected chi connectivity index (χ4v) is 2.66. The second-order valence-electron chi connectivity index (χ2n) is 6.16. The van der Waals surface area contributed by atoms with E-state index in [4.69, 9.17) is 4.74 Å². The minimum Gasteiger partial charge on any atom is -0.361 e. The number of ether oxygens (including phenoxy) is 1. The molecular formula is C18H21F3N4O2. The third-order valence-corrected chi connectivity index (χ3v) is 4.10. The maximum Gasteiger partial charge on any atom is 0.416 e. The Morgan fingerprint density at radius 1 is 1.26 bits per heavy atom. The van der Waals surface area contributed by atoms with Gasteiger partial charge in [0.1, 0.15) is 6.73 Å². The van der Waals surface area contributed by atoms with Gasteiger partial charge in [-0.15, -0.1) is 0 Å². The van der Waals surface area contributed by atoms with Gasteiger partial charge in [-0.25, -0.2) is 9.97 Å². The van der Waals surface area contributed by atoms with Crippen molar-refractivity contribution in [2.75, 3.05) is 25.2 Å². The normalized spacial score (nSPS) is 15.3. The van der Waals surface area contributed by atoms with Crippen molar-refractivity contribution in [1.82, 2.24) is 14.9 Å². The molecule has 0 bridgehead atoms. The second-order valence-corrected chi connectivity index (χ2v) is 6.16. The summed E-state index contributed by atoms with van der Waals surface area (Å²) in [4.78, 5) is 22.2. The lowest BCUT2D eigenvalue weighted by molar-refractivity contribution is -0.137. The average Bonchev–Trinajstić information content (AvgIpc) is 2.95. The average molecular weight is 382 g/mol. The molecule has 1 aliphatic heterocycles. The minimum absolute atomic E-state index is 0. The predicted molar refractivity (Wildman–Crippen MR) is 94.0 cm³/mol. The maximum absolute atomic E-state index is 12.7. The molecule has 1 aliphatic rings.